The Bertz CT molecular complexity index is 1360. The fourth-order valence-electron chi connectivity index (χ4n) is 5.76. The van der Waals surface area contributed by atoms with Gasteiger partial charge in [-0.05, 0) is 73.4 Å². The number of aromatic nitrogens is 1. The first-order chi connectivity index (χ1) is 16.7. The van der Waals surface area contributed by atoms with Crippen molar-refractivity contribution in [3.8, 4) is 11.1 Å². The van der Waals surface area contributed by atoms with Crippen LogP contribution in [0.3, 0.4) is 0 Å². The third kappa shape index (κ3) is 4.64. The van der Waals surface area contributed by atoms with Gasteiger partial charge >= 0.3 is 0 Å². The van der Waals surface area contributed by atoms with Crippen LogP contribution in [0.25, 0.3) is 22.0 Å². The molecule has 0 bridgehead atoms. The van der Waals surface area contributed by atoms with Crippen molar-refractivity contribution in [3.63, 3.8) is 0 Å². The van der Waals surface area contributed by atoms with Crippen molar-refractivity contribution < 1.29 is 17.6 Å². The summed E-state index contributed by atoms with van der Waals surface area (Å²) >= 11 is 0. The number of pyridine rings is 1. The first-order valence-corrected chi connectivity index (χ1v) is 13.9. The summed E-state index contributed by atoms with van der Waals surface area (Å²) in [6.45, 7) is 4.58. The Morgan fingerprint density at radius 2 is 1.71 bits per heavy atom. The second-order valence-electron chi connectivity index (χ2n) is 10.5. The molecular formula is C28H31FN2O3S. The Morgan fingerprint density at radius 1 is 1.03 bits per heavy atom. The van der Waals surface area contributed by atoms with Crippen molar-refractivity contribution in [1.82, 2.24) is 10.3 Å². The molecule has 1 saturated heterocycles. The van der Waals surface area contributed by atoms with Gasteiger partial charge in [-0.2, -0.15) is 0 Å². The van der Waals surface area contributed by atoms with E-state index in [1.807, 2.05) is 30.3 Å². The van der Waals surface area contributed by atoms with Gasteiger partial charge < -0.3 is 5.32 Å². The van der Waals surface area contributed by atoms with Gasteiger partial charge in [0.15, 0.2) is 9.84 Å². The molecule has 1 aliphatic heterocycles. The van der Waals surface area contributed by atoms with Crippen LogP contribution >= 0.6 is 0 Å². The molecule has 1 saturated carbocycles. The van der Waals surface area contributed by atoms with Crippen molar-refractivity contribution in [1.29, 1.82) is 0 Å². The van der Waals surface area contributed by atoms with Crippen LogP contribution in [-0.2, 0) is 14.6 Å². The highest BCUT2D eigenvalue weighted by molar-refractivity contribution is 7.92. The number of carbonyl (C=O) groups excluding carboxylic acids is 1. The average Bonchev–Trinajstić information content (AvgIpc) is 2.85. The lowest BCUT2D eigenvalue weighted by Crippen LogP contribution is -2.58. The summed E-state index contributed by atoms with van der Waals surface area (Å²) in [5.41, 5.74) is 2.36. The van der Waals surface area contributed by atoms with Crippen molar-refractivity contribution in [2.24, 2.45) is 11.8 Å². The highest BCUT2D eigenvalue weighted by Crippen LogP contribution is 2.41. The second-order valence-corrected chi connectivity index (χ2v) is 12.7. The van der Waals surface area contributed by atoms with Gasteiger partial charge in [-0.3, -0.25) is 9.78 Å². The smallest absolute Gasteiger partial charge is 0.181 e. The van der Waals surface area contributed by atoms with Crippen LogP contribution < -0.4 is 5.32 Å². The molecule has 3 aromatic rings. The molecule has 0 radical (unpaired) electrons. The molecule has 1 atom stereocenters. The molecule has 1 unspecified atom stereocenters. The minimum atomic E-state index is -3.45. The maximum absolute atomic E-state index is 13.4. The lowest BCUT2D eigenvalue weighted by molar-refractivity contribution is -0.127. The minimum Gasteiger partial charge on any atom is -0.304 e. The van der Waals surface area contributed by atoms with Crippen LogP contribution in [0.5, 0.6) is 0 Å². The Labute approximate surface area is 206 Å². The van der Waals surface area contributed by atoms with E-state index in [0.29, 0.717) is 35.7 Å². The number of piperidine rings is 1. The van der Waals surface area contributed by atoms with Crippen LogP contribution in [0.2, 0.25) is 0 Å². The summed E-state index contributed by atoms with van der Waals surface area (Å²) in [6.07, 6.45) is 4.75. The zero-order valence-electron chi connectivity index (χ0n) is 20.1. The molecule has 1 spiro atoms. The van der Waals surface area contributed by atoms with E-state index in [2.05, 4.69) is 24.1 Å². The zero-order valence-corrected chi connectivity index (χ0v) is 20.9. The van der Waals surface area contributed by atoms with Crippen LogP contribution in [0.4, 0.5) is 4.39 Å². The minimum absolute atomic E-state index is 0.0567. The summed E-state index contributed by atoms with van der Waals surface area (Å²) in [4.78, 5) is 16.8. The zero-order chi connectivity index (χ0) is 24.8. The van der Waals surface area contributed by atoms with Crippen LogP contribution in [0, 0.1) is 17.7 Å². The first kappa shape index (κ1) is 24.1. The number of fused-ring (bicyclic) bond motifs is 1. The van der Waals surface area contributed by atoms with Crippen molar-refractivity contribution in [2.45, 2.75) is 61.6 Å². The lowest BCUT2D eigenvalue weighted by Gasteiger charge is -2.46. The van der Waals surface area contributed by atoms with E-state index >= 15 is 0 Å². The van der Waals surface area contributed by atoms with E-state index < -0.39 is 15.1 Å². The summed E-state index contributed by atoms with van der Waals surface area (Å²) in [7, 11) is -3.45. The fourth-order valence-corrected chi connectivity index (χ4v) is 7.52. The Morgan fingerprint density at radius 3 is 2.40 bits per heavy atom. The van der Waals surface area contributed by atoms with E-state index in [1.165, 1.54) is 12.3 Å². The SMILES string of the molecule is CC(C)C1CC2(CCC(S(=O)(=O)c3ccc(-c4ccc5cc(F)cnc5c4)cc3)CC2)NCC1=O. The topological polar surface area (TPSA) is 76.1 Å². The van der Waals surface area contributed by atoms with Crippen molar-refractivity contribution in [2.75, 3.05) is 6.54 Å². The number of Topliss-reactive ketones (excluding diaryl/α,β-unsaturated/α-hetero) is 1. The van der Waals surface area contributed by atoms with Crippen LogP contribution in [0.1, 0.15) is 46.0 Å². The van der Waals surface area contributed by atoms with Gasteiger partial charge in [0, 0.05) is 16.8 Å². The molecule has 1 aromatic heterocycles. The van der Waals surface area contributed by atoms with E-state index in [1.54, 1.807) is 12.1 Å². The van der Waals surface area contributed by atoms with Gasteiger partial charge in [-0.25, -0.2) is 12.8 Å². The standard InChI is InChI=1S/C28H31FN2O3S/c1-18(2)25-15-28(31-17-27(25)32)11-9-24(10-12-28)35(33,34)23-7-5-19(6-8-23)20-3-4-21-13-22(29)16-30-26(21)14-20/h3-8,13-14,16,18,24-25,31H,9-12,15,17H2,1-2H3. The van der Waals surface area contributed by atoms with Gasteiger partial charge in [0.2, 0.25) is 0 Å². The van der Waals surface area contributed by atoms with E-state index in [4.69, 9.17) is 0 Å². The highest BCUT2D eigenvalue weighted by Gasteiger charge is 2.45. The van der Waals surface area contributed by atoms with Gasteiger partial charge in [0.05, 0.1) is 28.4 Å². The molecule has 7 heteroatoms. The molecular weight excluding hydrogens is 463 g/mol. The summed E-state index contributed by atoms with van der Waals surface area (Å²) in [6, 6.07) is 14.0. The Kier molecular flexibility index (Phi) is 6.26. The molecule has 2 fully saturated rings. The van der Waals surface area contributed by atoms with Crippen LogP contribution in [0.15, 0.2) is 59.6 Å². The first-order valence-electron chi connectivity index (χ1n) is 12.3. The number of nitrogens with zero attached hydrogens (tertiary/aromatic N) is 1. The maximum atomic E-state index is 13.4. The number of ketones is 1. The number of carbonyl (C=O) groups is 1. The third-order valence-electron chi connectivity index (χ3n) is 7.96. The Hall–Kier alpha value is -2.64. The Balaban J connectivity index is 1.30. The molecule has 1 aliphatic carbocycles. The quantitative estimate of drug-likeness (QED) is 0.531. The number of hydrogen-bond acceptors (Lipinski definition) is 5. The molecule has 35 heavy (non-hydrogen) atoms. The molecule has 2 aliphatic rings. The normalized spacial score (nSPS) is 25.4. The molecule has 2 heterocycles. The lowest BCUT2D eigenvalue weighted by atomic mass is 9.69. The summed E-state index contributed by atoms with van der Waals surface area (Å²) < 4.78 is 40.2. The monoisotopic (exact) mass is 494 g/mol. The highest BCUT2D eigenvalue weighted by atomic mass is 32.2. The number of rotatable bonds is 4. The van der Waals surface area contributed by atoms with Crippen LogP contribution in [-0.4, -0.2) is 36.5 Å². The predicted octanol–water partition coefficient (Wildman–Crippen LogP) is 5.33. The van der Waals surface area contributed by atoms with E-state index in [0.717, 1.165) is 35.8 Å². The van der Waals surface area contributed by atoms with Crippen molar-refractivity contribution in [3.05, 3.63) is 60.5 Å². The van der Waals surface area contributed by atoms with E-state index in [-0.39, 0.29) is 23.1 Å². The molecule has 184 valence electrons. The number of benzene rings is 2. The largest absolute Gasteiger partial charge is 0.304 e. The van der Waals surface area contributed by atoms with E-state index in [9.17, 15) is 17.6 Å². The number of sulfone groups is 1. The number of hydrogen-bond donors (Lipinski definition) is 1. The second kappa shape index (κ2) is 9.10. The third-order valence-corrected chi connectivity index (χ3v) is 10.2. The van der Waals surface area contributed by atoms with Gasteiger partial charge in [0.1, 0.15) is 11.6 Å². The maximum Gasteiger partial charge on any atom is 0.181 e. The van der Waals surface area contributed by atoms with Gasteiger partial charge in [0.25, 0.3) is 0 Å². The fraction of sp³-hybridized carbons (Fsp3) is 0.429. The molecule has 1 N–H and O–H groups in total. The molecule has 5 rings (SSSR count). The molecule has 2 aromatic carbocycles. The molecule has 5 nitrogen and oxygen atoms in total. The van der Waals surface area contributed by atoms with Gasteiger partial charge in [-0.15, -0.1) is 0 Å². The number of nitrogens with one attached hydrogen (secondary N) is 1. The predicted molar refractivity (Wildman–Crippen MR) is 135 cm³/mol. The molecule has 0 amide bonds. The van der Waals surface area contributed by atoms with Crippen molar-refractivity contribution >= 4 is 26.5 Å². The number of halogens is 1. The summed E-state index contributed by atoms with van der Waals surface area (Å²) in [5.74, 6) is 0.262. The summed E-state index contributed by atoms with van der Waals surface area (Å²) in [5, 5.41) is 3.77. The van der Waals surface area contributed by atoms with Gasteiger partial charge in [-0.1, -0.05) is 38.1 Å². The average molecular weight is 495 g/mol.